The van der Waals surface area contributed by atoms with Gasteiger partial charge < -0.3 is 0 Å². The molecule has 1 unspecified atom stereocenters. The highest BCUT2D eigenvalue weighted by atomic mass is 79.9. The molecule has 1 aromatic heterocycles. The maximum atomic E-state index is 13.3. The van der Waals surface area contributed by atoms with Crippen LogP contribution in [0.1, 0.15) is 19.8 Å². The number of halogens is 2. The second-order valence-corrected chi connectivity index (χ2v) is 6.42. The van der Waals surface area contributed by atoms with Crippen LogP contribution >= 0.6 is 15.9 Å². The fraction of sp³-hybridized carbons (Fsp3) is 0.545. The Morgan fingerprint density at radius 2 is 2.28 bits per heavy atom. The molecular formula is C11H16BrFN2O2S. The maximum Gasteiger partial charge on any atom is 0.261 e. The molecule has 0 radical (unpaired) electrons. The summed E-state index contributed by atoms with van der Waals surface area (Å²) in [6.07, 6.45) is 2.86. The molecule has 102 valence electrons. The molecule has 0 aliphatic rings. The van der Waals surface area contributed by atoms with Gasteiger partial charge in [-0.05, 0) is 30.9 Å². The van der Waals surface area contributed by atoms with Gasteiger partial charge >= 0.3 is 0 Å². The molecule has 0 saturated heterocycles. The second-order valence-electron chi connectivity index (χ2n) is 4.09. The van der Waals surface area contributed by atoms with Crippen molar-refractivity contribution < 1.29 is 12.8 Å². The number of rotatable bonds is 7. The number of pyridine rings is 1. The molecule has 0 bridgehead atoms. The quantitative estimate of drug-likeness (QED) is 0.613. The molecule has 18 heavy (non-hydrogen) atoms. The molecule has 0 aromatic carbocycles. The fourth-order valence-corrected chi connectivity index (χ4v) is 2.77. The first-order chi connectivity index (χ1) is 8.47. The van der Waals surface area contributed by atoms with Crippen molar-refractivity contribution in [3.8, 4) is 0 Å². The Kier molecular flexibility index (Phi) is 6.17. The standard InChI is InChI=1S/C11H16BrFN2O2S/c1-9(8-12)4-2-7-15-18(16,17)11-10(13)5-3-6-14-11/h3,5-6,9,15H,2,4,7-8H2,1H3. The van der Waals surface area contributed by atoms with Crippen molar-refractivity contribution in [2.24, 2.45) is 5.92 Å². The number of sulfonamides is 1. The lowest BCUT2D eigenvalue weighted by molar-refractivity contribution is 0.531. The van der Waals surface area contributed by atoms with Gasteiger partial charge in [0.15, 0.2) is 5.82 Å². The number of aromatic nitrogens is 1. The van der Waals surface area contributed by atoms with Crippen molar-refractivity contribution >= 4 is 26.0 Å². The van der Waals surface area contributed by atoms with E-state index in [0.29, 0.717) is 12.3 Å². The van der Waals surface area contributed by atoms with Crippen molar-refractivity contribution in [2.75, 3.05) is 11.9 Å². The molecule has 0 fully saturated rings. The van der Waals surface area contributed by atoms with Crippen LogP contribution in [-0.4, -0.2) is 25.3 Å². The van der Waals surface area contributed by atoms with Gasteiger partial charge in [-0.3, -0.25) is 0 Å². The van der Waals surface area contributed by atoms with E-state index in [4.69, 9.17) is 0 Å². The molecule has 7 heteroatoms. The van der Waals surface area contributed by atoms with Gasteiger partial charge in [0, 0.05) is 18.1 Å². The number of nitrogens with zero attached hydrogens (tertiary/aromatic N) is 1. The molecule has 1 rings (SSSR count). The van der Waals surface area contributed by atoms with Gasteiger partial charge in [-0.1, -0.05) is 22.9 Å². The Labute approximate surface area is 115 Å². The first-order valence-corrected chi connectivity index (χ1v) is 8.24. The molecule has 0 aliphatic carbocycles. The minimum absolute atomic E-state index is 0.287. The molecule has 1 heterocycles. The lowest BCUT2D eigenvalue weighted by atomic mass is 10.1. The summed E-state index contributed by atoms with van der Waals surface area (Å²) in [6, 6.07) is 2.43. The Bertz CT molecular complexity index is 482. The van der Waals surface area contributed by atoms with Crippen LogP contribution in [0.2, 0.25) is 0 Å². The van der Waals surface area contributed by atoms with E-state index in [1.54, 1.807) is 0 Å². The van der Waals surface area contributed by atoms with Crippen molar-refractivity contribution in [1.82, 2.24) is 9.71 Å². The van der Waals surface area contributed by atoms with E-state index in [1.807, 2.05) is 0 Å². The first-order valence-electron chi connectivity index (χ1n) is 5.63. The van der Waals surface area contributed by atoms with E-state index in [-0.39, 0.29) is 6.54 Å². The van der Waals surface area contributed by atoms with E-state index in [1.165, 1.54) is 12.3 Å². The average molecular weight is 339 g/mol. The summed E-state index contributed by atoms with van der Waals surface area (Å²) in [4.78, 5) is 3.55. The Morgan fingerprint density at radius 1 is 1.56 bits per heavy atom. The summed E-state index contributed by atoms with van der Waals surface area (Å²) in [7, 11) is -3.84. The lowest BCUT2D eigenvalue weighted by Crippen LogP contribution is -2.26. The molecule has 4 nitrogen and oxygen atoms in total. The molecule has 0 amide bonds. The van der Waals surface area contributed by atoms with Gasteiger partial charge in [-0.2, -0.15) is 0 Å². The third kappa shape index (κ3) is 4.62. The van der Waals surface area contributed by atoms with Crippen molar-refractivity contribution in [3.05, 3.63) is 24.1 Å². The Balaban J connectivity index is 2.54. The van der Waals surface area contributed by atoms with Crippen LogP contribution in [0.25, 0.3) is 0 Å². The monoisotopic (exact) mass is 338 g/mol. The minimum Gasteiger partial charge on any atom is -0.241 e. The molecule has 0 aliphatic heterocycles. The van der Waals surface area contributed by atoms with Gasteiger partial charge in [0.25, 0.3) is 10.0 Å². The van der Waals surface area contributed by atoms with Crippen LogP contribution < -0.4 is 4.72 Å². The zero-order valence-corrected chi connectivity index (χ0v) is 12.5. The summed E-state index contributed by atoms with van der Waals surface area (Å²) in [5.74, 6) is -0.347. The molecule has 1 aromatic rings. The van der Waals surface area contributed by atoms with Crippen molar-refractivity contribution in [1.29, 1.82) is 0 Å². The fourth-order valence-electron chi connectivity index (χ4n) is 1.37. The zero-order valence-electron chi connectivity index (χ0n) is 10.1. The topological polar surface area (TPSA) is 59.1 Å². The molecular weight excluding hydrogens is 323 g/mol. The van der Waals surface area contributed by atoms with Crippen molar-refractivity contribution in [3.63, 3.8) is 0 Å². The summed E-state index contributed by atoms with van der Waals surface area (Å²) in [6.45, 7) is 2.36. The van der Waals surface area contributed by atoms with Crippen molar-refractivity contribution in [2.45, 2.75) is 24.8 Å². The van der Waals surface area contributed by atoms with E-state index in [0.717, 1.165) is 17.8 Å². The molecule has 1 N–H and O–H groups in total. The van der Waals surface area contributed by atoms with Gasteiger partial charge in [-0.15, -0.1) is 0 Å². The number of hydrogen-bond donors (Lipinski definition) is 1. The lowest BCUT2D eigenvalue weighted by Gasteiger charge is -2.08. The largest absolute Gasteiger partial charge is 0.261 e. The van der Waals surface area contributed by atoms with E-state index < -0.39 is 20.9 Å². The van der Waals surface area contributed by atoms with Gasteiger partial charge in [-0.25, -0.2) is 22.5 Å². The third-order valence-electron chi connectivity index (χ3n) is 2.41. The molecule has 1 atom stereocenters. The second kappa shape index (κ2) is 7.16. The Morgan fingerprint density at radius 3 is 2.89 bits per heavy atom. The van der Waals surface area contributed by atoms with Crippen LogP contribution in [0.3, 0.4) is 0 Å². The summed E-state index contributed by atoms with van der Waals surface area (Å²) in [5, 5.41) is 0.341. The highest BCUT2D eigenvalue weighted by molar-refractivity contribution is 9.09. The van der Waals surface area contributed by atoms with Crippen LogP contribution in [0.15, 0.2) is 23.4 Å². The number of hydrogen-bond acceptors (Lipinski definition) is 3. The van der Waals surface area contributed by atoms with E-state index >= 15 is 0 Å². The number of nitrogens with one attached hydrogen (secondary N) is 1. The summed E-state index contributed by atoms with van der Waals surface area (Å²) in [5.41, 5.74) is 0. The van der Waals surface area contributed by atoms with Gasteiger partial charge in [0.05, 0.1) is 0 Å². The normalized spacial score (nSPS) is 13.5. The minimum atomic E-state index is -3.84. The van der Waals surface area contributed by atoms with E-state index in [2.05, 4.69) is 32.6 Å². The third-order valence-corrected chi connectivity index (χ3v) is 4.91. The Hall–Kier alpha value is -0.530. The average Bonchev–Trinajstić information content (AvgIpc) is 2.34. The van der Waals surface area contributed by atoms with Gasteiger partial charge in [0.1, 0.15) is 0 Å². The van der Waals surface area contributed by atoms with Gasteiger partial charge in [0.2, 0.25) is 5.03 Å². The maximum absolute atomic E-state index is 13.3. The van der Waals surface area contributed by atoms with E-state index in [9.17, 15) is 12.8 Å². The first kappa shape index (κ1) is 15.5. The molecule has 0 saturated carbocycles. The number of alkyl halides is 1. The van der Waals surface area contributed by atoms with Crippen LogP contribution in [-0.2, 0) is 10.0 Å². The smallest absolute Gasteiger partial charge is 0.241 e. The summed E-state index contributed by atoms with van der Waals surface area (Å²) >= 11 is 3.35. The van der Waals surface area contributed by atoms with Crippen LogP contribution in [0, 0.1) is 11.7 Å². The SMILES string of the molecule is CC(CBr)CCCNS(=O)(=O)c1ncccc1F. The summed E-state index contributed by atoms with van der Waals surface area (Å²) < 4.78 is 39.1. The zero-order chi connectivity index (χ0) is 13.6. The molecule has 0 spiro atoms. The van der Waals surface area contributed by atoms with Crippen LogP contribution in [0.5, 0.6) is 0 Å². The predicted molar refractivity (Wildman–Crippen MR) is 71.6 cm³/mol. The predicted octanol–water partition coefficient (Wildman–Crippen LogP) is 2.31. The van der Waals surface area contributed by atoms with Crippen LogP contribution in [0.4, 0.5) is 4.39 Å². The highest BCUT2D eigenvalue weighted by Gasteiger charge is 2.19. The highest BCUT2D eigenvalue weighted by Crippen LogP contribution is 2.11.